The van der Waals surface area contributed by atoms with Crippen LogP contribution >= 0.6 is 7.37 Å². The third kappa shape index (κ3) is 4.60. The monoisotopic (exact) mass is 178 g/mol. The molecule has 0 saturated carbocycles. The number of hydrogen-bond donors (Lipinski definition) is 0. The summed E-state index contributed by atoms with van der Waals surface area (Å²) in [6.45, 7) is 6.57. The molecule has 0 radical (unpaired) electrons. The summed E-state index contributed by atoms with van der Waals surface area (Å²) >= 11 is 0. The molecule has 0 aromatic carbocycles. The van der Waals surface area contributed by atoms with Gasteiger partial charge in [0.1, 0.15) is 0 Å². The minimum atomic E-state index is -2.22. The van der Waals surface area contributed by atoms with Gasteiger partial charge >= 0.3 is 0 Å². The summed E-state index contributed by atoms with van der Waals surface area (Å²) in [5.74, 6) is 0. The molecule has 0 spiro atoms. The van der Waals surface area contributed by atoms with E-state index in [1.165, 1.54) is 0 Å². The van der Waals surface area contributed by atoms with Gasteiger partial charge in [-0.2, -0.15) is 0 Å². The Labute approximate surface area is 69.8 Å². The quantitative estimate of drug-likeness (QED) is 0.584. The zero-order chi connectivity index (χ0) is 8.74. The fourth-order valence-electron chi connectivity index (χ4n) is 1.16. The highest BCUT2D eigenvalue weighted by Crippen LogP contribution is 2.47. The van der Waals surface area contributed by atoms with E-state index in [1.807, 2.05) is 20.8 Å². The van der Waals surface area contributed by atoms with Crippen molar-refractivity contribution in [2.75, 3.05) is 18.9 Å². The second kappa shape index (κ2) is 5.79. The van der Waals surface area contributed by atoms with Crippen molar-refractivity contribution in [2.24, 2.45) is 0 Å². The van der Waals surface area contributed by atoms with Gasteiger partial charge in [-0.25, -0.2) is 0 Å². The van der Waals surface area contributed by atoms with Crippen LogP contribution in [-0.2, 0) is 9.09 Å². The third-order valence-corrected chi connectivity index (χ3v) is 4.48. The summed E-state index contributed by atoms with van der Waals surface area (Å²) in [6, 6.07) is 0. The van der Waals surface area contributed by atoms with Gasteiger partial charge in [-0.1, -0.05) is 13.8 Å². The van der Waals surface area contributed by atoms with Gasteiger partial charge in [-0.15, -0.1) is 0 Å². The molecule has 0 atom stereocenters. The van der Waals surface area contributed by atoms with Crippen LogP contribution in [0.3, 0.4) is 0 Å². The Morgan fingerprint density at radius 1 is 1.09 bits per heavy atom. The highest BCUT2D eigenvalue weighted by Gasteiger charge is 2.19. The maximum Gasteiger partial charge on any atom is 0.203 e. The molecule has 3 heteroatoms. The van der Waals surface area contributed by atoms with Crippen LogP contribution in [0.2, 0.25) is 0 Å². The smallest absolute Gasteiger partial charge is 0.203 e. The van der Waals surface area contributed by atoms with Crippen LogP contribution < -0.4 is 0 Å². The average molecular weight is 178 g/mol. The molecule has 0 aliphatic heterocycles. The molecular formula is C8H19O2P. The fraction of sp³-hybridized carbons (Fsp3) is 1.00. The molecule has 0 rings (SSSR count). The predicted octanol–water partition coefficient (Wildman–Crippen LogP) is 3.12. The molecular weight excluding hydrogens is 159 g/mol. The summed E-state index contributed by atoms with van der Waals surface area (Å²) in [4.78, 5) is 0. The Balaban J connectivity index is 3.91. The third-order valence-electron chi connectivity index (χ3n) is 1.49. The van der Waals surface area contributed by atoms with Crippen molar-refractivity contribution in [1.82, 2.24) is 0 Å². The van der Waals surface area contributed by atoms with Crippen LogP contribution in [-0.4, -0.2) is 18.9 Å². The minimum absolute atomic E-state index is 0.581. The van der Waals surface area contributed by atoms with Crippen molar-refractivity contribution in [1.29, 1.82) is 0 Å². The lowest BCUT2D eigenvalue weighted by molar-refractivity contribution is 0.332. The molecule has 0 amide bonds. The van der Waals surface area contributed by atoms with Crippen LogP contribution in [0.25, 0.3) is 0 Å². The van der Waals surface area contributed by atoms with Gasteiger partial charge in [-0.05, 0) is 19.8 Å². The SMILES string of the molecule is CCCP(=O)(CCC)OCC. The van der Waals surface area contributed by atoms with E-state index in [9.17, 15) is 4.57 Å². The van der Waals surface area contributed by atoms with Gasteiger partial charge in [0, 0.05) is 12.3 Å². The van der Waals surface area contributed by atoms with Gasteiger partial charge < -0.3 is 4.52 Å². The highest BCUT2D eigenvalue weighted by molar-refractivity contribution is 7.58. The first kappa shape index (κ1) is 11.2. The van der Waals surface area contributed by atoms with Crippen molar-refractivity contribution in [3.63, 3.8) is 0 Å². The van der Waals surface area contributed by atoms with Crippen LogP contribution in [0, 0.1) is 0 Å². The lowest BCUT2D eigenvalue weighted by Crippen LogP contribution is -1.98. The molecule has 0 N–H and O–H groups in total. The Hall–Kier alpha value is 0.190. The van der Waals surface area contributed by atoms with E-state index in [0.717, 1.165) is 25.2 Å². The molecule has 2 nitrogen and oxygen atoms in total. The second-order valence-corrected chi connectivity index (χ2v) is 5.46. The van der Waals surface area contributed by atoms with Crippen LogP contribution in [0.15, 0.2) is 0 Å². The van der Waals surface area contributed by atoms with Crippen molar-refractivity contribution < 1.29 is 9.09 Å². The van der Waals surface area contributed by atoms with Crippen LogP contribution in [0.4, 0.5) is 0 Å². The lowest BCUT2D eigenvalue weighted by Gasteiger charge is -2.15. The maximum absolute atomic E-state index is 11.8. The predicted molar refractivity (Wildman–Crippen MR) is 49.5 cm³/mol. The summed E-state index contributed by atoms with van der Waals surface area (Å²) in [5, 5.41) is 0. The first-order valence-electron chi connectivity index (χ1n) is 4.41. The highest BCUT2D eigenvalue weighted by atomic mass is 31.2. The summed E-state index contributed by atoms with van der Waals surface area (Å²) in [5.41, 5.74) is 0. The molecule has 0 fully saturated rings. The average Bonchev–Trinajstić information content (AvgIpc) is 1.88. The van der Waals surface area contributed by atoms with Crippen LogP contribution in [0.1, 0.15) is 33.6 Å². The van der Waals surface area contributed by atoms with Crippen LogP contribution in [0.5, 0.6) is 0 Å². The topological polar surface area (TPSA) is 26.3 Å². The number of hydrogen-bond acceptors (Lipinski definition) is 2. The van der Waals surface area contributed by atoms with E-state index >= 15 is 0 Å². The van der Waals surface area contributed by atoms with E-state index < -0.39 is 7.37 Å². The fourth-order valence-corrected chi connectivity index (χ4v) is 3.47. The van der Waals surface area contributed by atoms with E-state index in [1.54, 1.807) is 0 Å². The first-order valence-corrected chi connectivity index (χ1v) is 6.40. The Morgan fingerprint density at radius 2 is 1.55 bits per heavy atom. The van der Waals surface area contributed by atoms with Crippen molar-refractivity contribution in [3.8, 4) is 0 Å². The van der Waals surface area contributed by atoms with Gasteiger partial charge in [0.05, 0.1) is 6.61 Å². The summed E-state index contributed by atoms with van der Waals surface area (Å²) in [7, 11) is -2.22. The zero-order valence-electron chi connectivity index (χ0n) is 7.80. The molecule has 0 heterocycles. The Kier molecular flexibility index (Phi) is 5.89. The molecule has 0 aromatic heterocycles. The molecule has 68 valence electrons. The largest absolute Gasteiger partial charge is 0.329 e. The van der Waals surface area contributed by atoms with E-state index in [4.69, 9.17) is 4.52 Å². The van der Waals surface area contributed by atoms with E-state index in [-0.39, 0.29) is 0 Å². The molecule has 0 aliphatic carbocycles. The van der Waals surface area contributed by atoms with Crippen molar-refractivity contribution >= 4 is 7.37 Å². The molecule has 0 unspecified atom stereocenters. The zero-order valence-corrected chi connectivity index (χ0v) is 8.69. The molecule has 11 heavy (non-hydrogen) atoms. The lowest BCUT2D eigenvalue weighted by atomic mass is 10.6. The van der Waals surface area contributed by atoms with E-state index in [0.29, 0.717) is 6.61 Å². The summed E-state index contributed by atoms with van der Waals surface area (Å²) in [6.07, 6.45) is 3.40. The van der Waals surface area contributed by atoms with Crippen molar-refractivity contribution in [2.45, 2.75) is 33.6 Å². The van der Waals surface area contributed by atoms with Gasteiger partial charge in [0.2, 0.25) is 7.37 Å². The Bertz CT molecular complexity index is 110. The summed E-state index contributed by atoms with van der Waals surface area (Å²) < 4.78 is 17.1. The van der Waals surface area contributed by atoms with Gasteiger partial charge in [0.15, 0.2) is 0 Å². The minimum Gasteiger partial charge on any atom is -0.329 e. The molecule has 0 aromatic rings. The number of rotatable bonds is 6. The second-order valence-electron chi connectivity index (χ2n) is 2.68. The molecule has 0 saturated heterocycles. The van der Waals surface area contributed by atoms with E-state index in [2.05, 4.69) is 0 Å². The Morgan fingerprint density at radius 3 is 1.82 bits per heavy atom. The standard InChI is InChI=1S/C8H19O2P/c1-4-7-11(9,8-5-2)10-6-3/h4-8H2,1-3H3. The van der Waals surface area contributed by atoms with Gasteiger partial charge in [0.25, 0.3) is 0 Å². The normalized spacial score (nSPS) is 11.9. The molecule has 0 aliphatic rings. The van der Waals surface area contributed by atoms with Gasteiger partial charge in [-0.3, -0.25) is 4.57 Å². The van der Waals surface area contributed by atoms with Crippen molar-refractivity contribution in [3.05, 3.63) is 0 Å². The molecule has 0 bridgehead atoms. The first-order chi connectivity index (χ1) is 5.18. The maximum atomic E-state index is 11.8.